The van der Waals surface area contributed by atoms with E-state index < -0.39 is 5.91 Å². The summed E-state index contributed by atoms with van der Waals surface area (Å²) in [6, 6.07) is 14.1. The second kappa shape index (κ2) is 6.26. The first-order chi connectivity index (χ1) is 11.1. The Balaban J connectivity index is 1.91. The summed E-state index contributed by atoms with van der Waals surface area (Å²) in [5.74, 6) is -0.426. The van der Waals surface area contributed by atoms with Gasteiger partial charge in [0, 0.05) is 22.1 Å². The largest absolute Gasteiger partial charge is 0.360 e. The number of aromatic amines is 1. The lowest BCUT2D eigenvalue weighted by Crippen LogP contribution is -2.31. The van der Waals surface area contributed by atoms with Gasteiger partial charge in [-0.15, -0.1) is 0 Å². The number of pyridine rings is 1. The monoisotopic (exact) mass is 326 g/mol. The lowest BCUT2D eigenvalue weighted by atomic mass is 10.1. The first kappa shape index (κ1) is 15.3. The van der Waals surface area contributed by atoms with Gasteiger partial charge in [-0.1, -0.05) is 41.9 Å². The fourth-order valence-corrected chi connectivity index (χ4v) is 2.81. The van der Waals surface area contributed by atoms with E-state index in [0.29, 0.717) is 15.9 Å². The van der Waals surface area contributed by atoms with Crippen LogP contribution in [0.15, 0.2) is 59.5 Å². The SMILES string of the molecule is C[C@@H](NC(=O)c1c[nH]c2ccccc2c1=O)c1ccccc1Cl. The number of nitrogens with one attached hydrogen (secondary N) is 2. The zero-order valence-corrected chi connectivity index (χ0v) is 13.2. The number of amides is 1. The summed E-state index contributed by atoms with van der Waals surface area (Å²) in [6.45, 7) is 1.83. The van der Waals surface area contributed by atoms with Crippen molar-refractivity contribution in [3.05, 3.63) is 81.1 Å². The summed E-state index contributed by atoms with van der Waals surface area (Å²) in [5, 5.41) is 3.88. The molecule has 5 heteroatoms. The van der Waals surface area contributed by atoms with Crippen LogP contribution in [0.1, 0.15) is 28.9 Å². The number of halogens is 1. The van der Waals surface area contributed by atoms with Crippen molar-refractivity contribution in [1.29, 1.82) is 0 Å². The number of H-pyrrole nitrogens is 1. The van der Waals surface area contributed by atoms with Gasteiger partial charge < -0.3 is 10.3 Å². The van der Waals surface area contributed by atoms with Gasteiger partial charge in [0.1, 0.15) is 5.56 Å². The number of carbonyl (C=O) groups is 1. The standard InChI is InChI=1S/C18H15ClN2O2/c1-11(12-6-2-4-8-15(12)19)21-18(23)14-10-20-16-9-5-3-7-13(16)17(14)22/h2-11H,1H3,(H,20,22)(H,21,23)/t11-/m1/s1. The molecule has 0 spiro atoms. The maximum Gasteiger partial charge on any atom is 0.257 e. The van der Waals surface area contributed by atoms with E-state index in [1.54, 1.807) is 24.3 Å². The quantitative estimate of drug-likeness (QED) is 0.771. The zero-order valence-electron chi connectivity index (χ0n) is 12.5. The molecule has 2 aromatic carbocycles. The third-order valence-electron chi connectivity index (χ3n) is 3.75. The molecule has 23 heavy (non-hydrogen) atoms. The van der Waals surface area contributed by atoms with Gasteiger partial charge in [0.2, 0.25) is 5.43 Å². The Hall–Kier alpha value is -2.59. The molecule has 4 nitrogen and oxygen atoms in total. The van der Waals surface area contributed by atoms with Gasteiger partial charge in [0.25, 0.3) is 5.91 Å². The predicted octanol–water partition coefficient (Wildman–Crippen LogP) is 3.67. The molecular formula is C18H15ClN2O2. The third-order valence-corrected chi connectivity index (χ3v) is 4.10. The summed E-state index contributed by atoms with van der Waals surface area (Å²) >= 11 is 6.14. The van der Waals surface area contributed by atoms with Crippen LogP contribution >= 0.6 is 11.6 Å². The maximum atomic E-state index is 12.4. The van der Waals surface area contributed by atoms with E-state index in [0.717, 1.165) is 5.56 Å². The van der Waals surface area contributed by atoms with Crippen molar-refractivity contribution >= 4 is 28.4 Å². The molecule has 0 fully saturated rings. The van der Waals surface area contributed by atoms with Crippen LogP contribution in [0, 0.1) is 0 Å². The fraction of sp³-hybridized carbons (Fsp3) is 0.111. The average molecular weight is 327 g/mol. The number of benzene rings is 2. The number of carbonyl (C=O) groups excluding carboxylic acids is 1. The maximum absolute atomic E-state index is 12.4. The first-order valence-electron chi connectivity index (χ1n) is 7.23. The second-order valence-electron chi connectivity index (χ2n) is 5.29. The molecule has 0 aliphatic rings. The molecule has 0 aliphatic heterocycles. The molecule has 116 valence electrons. The van der Waals surface area contributed by atoms with Crippen LogP contribution in [0.5, 0.6) is 0 Å². The van der Waals surface area contributed by atoms with Crippen LogP contribution in [-0.2, 0) is 0 Å². The van der Waals surface area contributed by atoms with Crippen LogP contribution in [0.25, 0.3) is 10.9 Å². The minimum absolute atomic E-state index is 0.0857. The van der Waals surface area contributed by atoms with E-state index >= 15 is 0 Å². The summed E-state index contributed by atoms with van der Waals surface area (Å²) < 4.78 is 0. The van der Waals surface area contributed by atoms with Crippen molar-refractivity contribution in [2.75, 3.05) is 0 Å². The Labute approximate surface area is 138 Å². The highest BCUT2D eigenvalue weighted by molar-refractivity contribution is 6.31. The number of hydrogen-bond donors (Lipinski definition) is 2. The van der Waals surface area contributed by atoms with Crippen LogP contribution in [0.4, 0.5) is 0 Å². The zero-order chi connectivity index (χ0) is 16.4. The van der Waals surface area contributed by atoms with E-state index in [1.807, 2.05) is 31.2 Å². The molecule has 0 saturated carbocycles. The van der Waals surface area contributed by atoms with Gasteiger partial charge in [-0.2, -0.15) is 0 Å². The van der Waals surface area contributed by atoms with E-state index in [9.17, 15) is 9.59 Å². The van der Waals surface area contributed by atoms with Crippen molar-refractivity contribution in [2.24, 2.45) is 0 Å². The molecule has 2 N–H and O–H groups in total. The molecular weight excluding hydrogens is 312 g/mol. The highest BCUT2D eigenvalue weighted by Gasteiger charge is 2.17. The van der Waals surface area contributed by atoms with Gasteiger partial charge in [-0.3, -0.25) is 9.59 Å². The van der Waals surface area contributed by atoms with Crippen molar-refractivity contribution in [2.45, 2.75) is 13.0 Å². The molecule has 0 unspecified atom stereocenters. The highest BCUT2D eigenvalue weighted by atomic mass is 35.5. The van der Waals surface area contributed by atoms with Crippen LogP contribution in [0.3, 0.4) is 0 Å². The summed E-state index contributed by atoms with van der Waals surface area (Å²) in [5.41, 5.74) is 1.30. The molecule has 3 rings (SSSR count). The van der Waals surface area contributed by atoms with E-state index in [4.69, 9.17) is 11.6 Å². The molecule has 1 amide bonds. The van der Waals surface area contributed by atoms with E-state index in [2.05, 4.69) is 10.3 Å². The van der Waals surface area contributed by atoms with Crippen LogP contribution < -0.4 is 10.7 Å². The summed E-state index contributed by atoms with van der Waals surface area (Å²) in [6.07, 6.45) is 1.44. The molecule has 0 radical (unpaired) electrons. The smallest absolute Gasteiger partial charge is 0.257 e. The summed E-state index contributed by atoms with van der Waals surface area (Å²) in [7, 11) is 0. The molecule has 3 aromatic rings. The molecule has 1 aromatic heterocycles. The Bertz CT molecular complexity index is 933. The fourth-order valence-electron chi connectivity index (χ4n) is 2.51. The predicted molar refractivity (Wildman–Crippen MR) is 91.9 cm³/mol. The van der Waals surface area contributed by atoms with Gasteiger partial charge in [-0.25, -0.2) is 0 Å². The van der Waals surface area contributed by atoms with E-state index in [-0.39, 0.29) is 17.0 Å². The molecule has 0 bridgehead atoms. The molecule has 1 heterocycles. The Kier molecular flexibility index (Phi) is 4.17. The summed E-state index contributed by atoms with van der Waals surface area (Å²) in [4.78, 5) is 27.9. The molecule has 1 atom stereocenters. The Morgan fingerprint density at radius 3 is 2.61 bits per heavy atom. The van der Waals surface area contributed by atoms with Crippen LogP contribution in [0.2, 0.25) is 5.02 Å². The minimum Gasteiger partial charge on any atom is -0.360 e. The topological polar surface area (TPSA) is 62.0 Å². The Morgan fingerprint density at radius 1 is 1.13 bits per heavy atom. The van der Waals surface area contributed by atoms with Gasteiger partial charge in [-0.05, 0) is 30.7 Å². The number of aromatic nitrogens is 1. The average Bonchev–Trinajstić information content (AvgIpc) is 2.55. The van der Waals surface area contributed by atoms with E-state index in [1.165, 1.54) is 6.20 Å². The third kappa shape index (κ3) is 2.98. The number of hydrogen-bond acceptors (Lipinski definition) is 2. The number of rotatable bonds is 3. The van der Waals surface area contributed by atoms with Crippen molar-refractivity contribution < 1.29 is 4.79 Å². The lowest BCUT2D eigenvalue weighted by molar-refractivity contribution is 0.0938. The number of fused-ring (bicyclic) bond motifs is 1. The Morgan fingerprint density at radius 2 is 1.83 bits per heavy atom. The van der Waals surface area contributed by atoms with Gasteiger partial charge in [0.05, 0.1) is 6.04 Å². The first-order valence-corrected chi connectivity index (χ1v) is 7.61. The normalized spacial score (nSPS) is 12.1. The highest BCUT2D eigenvalue weighted by Crippen LogP contribution is 2.22. The number of para-hydroxylation sites is 1. The lowest BCUT2D eigenvalue weighted by Gasteiger charge is -2.15. The van der Waals surface area contributed by atoms with Crippen molar-refractivity contribution in [3.8, 4) is 0 Å². The minimum atomic E-state index is -0.426. The van der Waals surface area contributed by atoms with Crippen molar-refractivity contribution in [1.82, 2.24) is 10.3 Å². The van der Waals surface area contributed by atoms with Crippen LogP contribution in [-0.4, -0.2) is 10.9 Å². The van der Waals surface area contributed by atoms with Crippen molar-refractivity contribution in [3.63, 3.8) is 0 Å². The molecule has 0 aliphatic carbocycles. The second-order valence-corrected chi connectivity index (χ2v) is 5.70. The van der Waals surface area contributed by atoms with Gasteiger partial charge >= 0.3 is 0 Å². The molecule has 0 saturated heterocycles. The van der Waals surface area contributed by atoms with Gasteiger partial charge in [0.15, 0.2) is 0 Å².